The fourth-order valence-corrected chi connectivity index (χ4v) is 6.03. The number of para-hydroxylation sites is 1. The molecule has 1 aliphatic rings. The highest BCUT2D eigenvalue weighted by molar-refractivity contribution is 7.87. The molecule has 10 heteroatoms. The van der Waals surface area contributed by atoms with Crippen molar-refractivity contribution in [1.29, 1.82) is 0 Å². The van der Waals surface area contributed by atoms with Crippen LogP contribution in [-0.4, -0.2) is 62.5 Å². The number of anilines is 1. The zero-order valence-electron chi connectivity index (χ0n) is 21.1. The lowest BCUT2D eigenvalue weighted by Crippen LogP contribution is -2.52. The van der Waals surface area contributed by atoms with E-state index in [1.807, 2.05) is 78.9 Å². The van der Waals surface area contributed by atoms with Gasteiger partial charge in [0, 0.05) is 50.3 Å². The molecule has 0 saturated carbocycles. The van der Waals surface area contributed by atoms with Crippen LogP contribution >= 0.6 is 11.6 Å². The largest absolute Gasteiger partial charge is 0.497 e. The molecular weight excluding hydrogens is 522 g/mol. The SMILES string of the molecule is COc1ccc(-c2[nH]c(-c3ccccc3)nc2CCNS(=O)(=O)N2CCN(c3ccccc3Cl)CC2)cc1. The van der Waals surface area contributed by atoms with Crippen LogP contribution in [-0.2, 0) is 16.6 Å². The van der Waals surface area contributed by atoms with E-state index in [0.29, 0.717) is 37.6 Å². The maximum atomic E-state index is 13.1. The monoisotopic (exact) mass is 551 g/mol. The van der Waals surface area contributed by atoms with Gasteiger partial charge >= 0.3 is 0 Å². The number of ether oxygens (including phenoxy) is 1. The molecule has 0 amide bonds. The number of nitrogens with zero attached hydrogens (tertiary/aromatic N) is 3. The molecule has 0 radical (unpaired) electrons. The Kier molecular flexibility index (Phi) is 7.99. The molecule has 1 aromatic heterocycles. The van der Waals surface area contributed by atoms with E-state index in [9.17, 15) is 8.42 Å². The first kappa shape index (κ1) is 26.2. The first-order chi connectivity index (χ1) is 18.4. The fraction of sp³-hybridized carbons (Fsp3) is 0.250. The first-order valence-electron chi connectivity index (χ1n) is 12.5. The third-order valence-electron chi connectivity index (χ3n) is 6.62. The molecular formula is C28H30ClN5O3S. The zero-order chi connectivity index (χ0) is 26.5. The number of halogens is 1. The predicted molar refractivity (Wildman–Crippen MR) is 152 cm³/mol. The molecule has 0 bridgehead atoms. The summed E-state index contributed by atoms with van der Waals surface area (Å²) in [5.74, 6) is 1.51. The molecule has 0 unspecified atom stereocenters. The lowest BCUT2D eigenvalue weighted by molar-refractivity contribution is 0.378. The number of benzene rings is 3. The Morgan fingerprint density at radius 2 is 1.61 bits per heavy atom. The summed E-state index contributed by atoms with van der Waals surface area (Å²) in [7, 11) is -2.00. The summed E-state index contributed by atoms with van der Waals surface area (Å²) >= 11 is 6.32. The molecule has 0 aliphatic carbocycles. The Labute approximate surface area is 228 Å². The zero-order valence-corrected chi connectivity index (χ0v) is 22.7. The van der Waals surface area contributed by atoms with Gasteiger partial charge < -0.3 is 14.6 Å². The molecule has 1 saturated heterocycles. The van der Waals surface area contributed by atoms with Gasteiger partial charge in [0.15, 0.2) is 0 Å². The van der Waals surface area contributed by atoms with Gasteiger partial charge in [-0.1, -0.05) is 54.1 Å². The van der Waals surface area contributed by atoms with E-state index in [4.69, 9.17) is 21.3 Å². The molecule has 38 heavy (non-hydrogen) atoms. The summed E-state index contributed by atoms with van der Waals surface area (Å²) < 4.78 is 35.7. The second-order valence-corrected chi connectivity index (χ2v) is 11.2. The third kappa shape index (κ3) is 5.86. The standard InChI is InChI=1S/C28H30ClN5O3S/c1-37-23-13-11-21(12-14-23)27-25(31-28(32-27)22-7-3-2-4-8-22)15-16-30-38(35,36)34-19-17-33(18-20-34)26-10-6-5-9-24(26)29/h2-14,30H,15-20H2,1H3,(H,31,32). The van der Waals surface area contributed by atoms with Gasteiger partial charge in [-0.3, -0.25) is 0 Å². The topological polar surface area (TPSA) is 90.6 Å². The summed E-state index contributed by atoms with van der Waals surface area (Å²) in [6.45, 7) is 2.16. The van der Waals surface area contributed by atoms with Crippen LogP contribution < -0.4 is 14.4 Å². The van der Waals surface area contributed by atoms with Crippen molar-refractivity contribution in [2.24, 2.45) is 0 Å². The number of methoxy groups -OCH3 is 1. The Morgan fingerprint density at radius 3 is 2.29 bits per heavy atom. The minimum Gasteiger partial charge on any atom is -0.497 e. The average molecular weight is 552 g/mol. The first-order valence-corrected chi connectivity index (χ1v) is 14.3. The lowest BCUT2D eigenvalue weighted by atomic mass is 10.1. The summed E-state index contributed by atoms with van der Waals surface area (Å²) in [4.78, 5) is 10.4. The van der Waals surface area contributed by atoms with Crippen LogP contribution in [0.2, 0.25) is 5.02 Å². The third-order valence-corrected chi connectivity index (χ3v) is 8.56. The molecule has 1 aliphatic heterocycles. The van der Waals surface area contributed by atoms with E-state index in [-0.39, 0.29) is 6.54 Å². The Hall–Kier alpha value is -3.37. The number of H-pyrrole nitrogens is 1. The highest BCUT2D eigenvalue weighted by Gasteiger charge is 2.27. The summed E-state index contributed by atoms with van der Waals surface area (Å²) in [5.41, 5.74) is 4.50. The molecule has 0 spiro atoms. The number of hydrogen-bond acceptors (Lipinski definition) is 5. The van der Waals surface area contributed by atoms with E-state index in [1.165, 1.54) is 4.31 Å². The smallest absolute Gasteiger partial charge is 0.279 e. The van der Waals surface area contributed by atoms with Crippen LogP contribution in [0.4, 0.5) is 5.69 Å². The van der Waals surface area contributed by atoms with E-state index < -0.39 is 10.2 Å². The maximum Gasteiger partial charge on any atom is 0.279 e. The molecule has 5 rings (SSSR count). The number of aromatic nitrogens is 2. The lowest BCUT2D eigenvalue weighted by Gasteiger charge is -2.35. The van der Waals surface area contributed by atoms with Crippen LogP contribution in [0.5, 0.6) is 5.75 Å². The second-order valence-electron chi connectivity index (χ2n) is 8.99. The van der Waals surface area contributed by atoms with Crippen LogP contribution in [0, 0.1) is 0 Å². The van der Waals surface area contributed by atoms with Gasteiger partial charge in [-0.05, 0) is 36.4 Å². The van der Waals surface area contributed by atoms with E-state index in [0.717, 1.165) is 39.8 Å². The van der Waals surface area contributed by atoms with Crippen molar-refractivity contribution < 1.29 is 13.2 Å². The Bertz CT molecular complexity index is 1470. The van der Waals surface area contributed by atoms with Crippen molar-refractivity contribution >= 4 is 27.5 Å². The van der Waals surface area contributed by atoms with Crippen LogP contribution in [0.1, 0.15) is 5.69 Å². The van der Waals surface area contributed by atoms with Crippen molar-refractivity contribution in [2.75, 3.05) is 44.7 Å². The summed E-state index contributed by atoms with van der Waals surface area (Å²) in [5, 5.41) is 0.670. The average Bonchev–Trinajstić information content (AvgIpc) is 3.38. The summed E-state index contributed by atoms with van der Waals surface area (Å²) in [6.07, 6.45) is 0.434. The van der Waals surface area contributed by atoms with E-state index in [1.54, 1.807) is 7.11 Å². The predicted octanol–water partition coefficient (Wildman–Crippen LogP) is 4.60. The number of nitrogens with one attached hydrogen (secondary N) is 2. The second kappa shape index (κ2) is 11.6. The van der Waals surface area contributed by atoms with Crippen molar-refractivity contribution in [3.63, 3.8) is 0 Å². The van der Waals surface area contributed by atoms with Crippen molar-refractivity contribution in [3.05, 3.63) is 89.6 Å². The molecule has 198 valence electrons. The van der Waals surface area contributed by atoms with Crippen LogP contribution in [0.25, 0.3) is 22.6 Å². The van der Waals surface area contributed by atoms with Crippen molar-refractivity contribution in [3.8, 4) is 28.4 Å². The Morgan fingerprint density at radius 1 is 0.921 bits per heavy atom. The highest BCUT2D eigenvalue weighted by atomic mass is 35.5. The fourth-order valence-electron chi connectivity index (χ4n) is 4.59. The number of imidazole rings is 1. The van der Waals surface area contributed by atoms with E-state index >= 15 is 0 Å². The van der Waals surface area contributed by atoms with Gasteiger partial charge in [0.05, 0.1) is 29.2 Å². The molecule has 2 N–H and O–H groups in total. The number of rotatable bonds is 9. The van der Waals surface area contributed by atoms with Gasteiger partial charge in [0.2, 0.25) is 0 Å². The van der Waals surface area contributed by atoms with Gasteiger partial charge in [0.1, 0.15) is 11.6 Å². The summed E-state index contributed by atoms with van der Waals surface area (Å²) in [6, 6.07) is 25.2. The quantitative estimate of drug-likeness (QED) is 0.317. The van der Waals surface area contributed by atoms with Gasteiger partial charge in [-0.25, -0.2) is 9.71 Å². The molecule has 1 fully saturated rings. The van der Waals surface area contributed by atoms with E-state index in [2.05, 4.69) is 14.6 Å². The van der Waals surface area contributed by atoms with Gasteiger partial charge in [-0.2, -0.15) is 12.7 Å². The van der Waals surface area contributed by atoms with Crippen molar-refractivity contribution in [2.45, 2.75) is 6.42 Å². The normalized spacial score (nSPS) is 14.5. The Balaban J connectivity index is 1.26. The highest BCUT2D eigenvalue weighted by Crippen LogP contribution is 2.29. The van der Waals surface area contributed by atoms with Crippen LogP contribution in [0.15, 0.2) is 78.9 Å². The molecule has 2 heterocycles. The molecule has 0 atom stereocenters. The minimum absolute atomic E-state index is 0.231. The number of aromatic amines is 1. The van der Waals surface area contributed by atoms with Gasteiger partial charge in [0.25, 0.3) is 10.2 Å². The number of piperazine rings is 1. The molecule has 4 aromatic rings. The molecule has 8 nitrogen and oxygen atoms in total. The number of hydrogen-bond donors (Lipinski definition) is 2. The minimum atomic E-state index is -3.63. The maximum absolute atomic E-state index is 13.1. The van der Waals surface area contributed by atoms with Gasteiger partial charge in [-0.15, -0.1) is 0 Å². The molecule has 3 aromatic carbocycles. The van der Waals surface area contributed by atoms with Crippen LogP contribution in [0.3, 0.4) is 0 Å². The van der Waals surface area contributed by atoms with Crippen molar-refractivity contribution in [1.82, 2.24) is 19.0 Å².